The van der Waals surface area contributed by atoms with E-state index in [1.54, 1.807) is 0 Å². The van der Waals surface area contributed by atoms with Crippen molar-refractivity contribution >= 4 is 27.1 Å². The molecular weight excluding hydrogens is 276 g/mol. The number of anilines is 1. The molecule has 114 valence electrons. The van der Waals surface area contributed by atoms with Gasteiger partial charge in [0, 0.05) is 35.6 Å². The smallest absolute Gasteiger partial charge is 0.0438 e. The number of nitrogens with zero attached hydrogens (tertiary/aromatic N) is 1. The lowest BCUT2D eigenvalue weighted by atomic mass is 9.96. The summed E-state index contributed by atoms with van der Waals surface area (Å²) in [6.45, 7) is 9.18. The van der Waals surface area contributed by atoms with Crippen LogP contribution in [-0.2, 0) is 0 Å². The molecule has 2 heterocycles. The lowest BCUT2D eigenvalue weighted by molar-refractivity contribution is 0.327. The van der Waals surface area contributed by atoms with E-state index in [-0.39, 0.29) is 0 Å². The Hall–Kier alpha value is -1.06. The number of rotatable bonds is 4. The molecule has 2 aromatic rings. The summed E-state index contributed by atoms with van der Waals surface area (Å²) in [5, 5.41) is 7.31. The van der Waals surface area contributed by atoms with Crippen LogP contribution in [0.5, 0.6) is 0 Å². The van der Waals surface area contributed by atoms with E-state index in [4.69, 9.17) is 0 Å². The Morgan fingerprint density at radius 1 is 1.33 bits per heavy atom. The van der Waals surface area contributed by atoms with Crippen molar-refractivity contribution in [2.45, 2.75) is 45.7 Å². The van der Waals surface area contributed by atoms with Gasteiger partial charge in [-0.25, -0.2) is 0 Å². The van der Waals surface area contributed by atoms with Gasteiger partial charge in [-0.15, -0.1) is 11.3 Å². The number of benzene rings is 1. The molecule has 2 nitrogen and oxygen atoms in total. The zero-order valence-corrected chi connectivity index (χ0v) is 14.1. The fourth-order valence-corrected chi connectivity index (χ4v) is 4.17. The van der Waals surface area contributed by atoms with Crippen LogP contribution in [0.4, 0.5) is 5.69 Å². The maximum Gasteiger partial charge on any atom is 0.0438 e. The molecule has 2 unspecified atom stereocenters. The zero-order valence-electron chi connectivity index (χ0n) is 13.3. The van der Waals surface area contributed by atoms with Crippen LogP contribution < -0.4 is 10.2 Å². The van der Waals surface area contributed by atoms with Crippen LogP contribution in [0, 0.1) is 5.92 Å². The van der Waals surface area contributed by atoms with E-state index in [1.807, 2.05) is 11.3 Å². The molecule has 1 aliphatic heterocycles. The van der Waals surface area contributed by atoms with Gasteiger partial charge in [0.1, 0.15) is 0 Å². The maximum atomic E-state index is 3.74. The summed E-state index contributed by atoms with van der Waals surface area (Å²) in [7, 11) is 0. The SMILES string of the molecule is CCCC1CN(c2ccc3sccc3c2)C(C(C)C)CN1. The summed E-state index contributed by atoms with van der Waals surface area (Å²) < 4.78 is 1.39. The van der Waals surface area contributed by atoms with Crippen LogP contribution in [-0.4, -0.2) is 25.2 Å². The van der Waals surface area contributed by atoms with Crippen molar-refractivity contribution in [2.24, 2.45) is 5.92 Å². The average molecular weight is 302 g/mol. The van der Waals surface area contributed by atoms with E-state index in [0.717, 1.165) is 13.1 Å². The van der Waals surface area contributed by atoms with Crippen molar-refractivity contribution in [3.8, 4) is 0 Å². The van der Waals surface area contributed by atoms with E-state index in [9.17, 15) is 0 Å². The monoisotopic (exact) mass is 302 g/mol. The quantitative estimate of drug-likeness (QED) is 0.894. The molecule has 0 bridgehead atoms. The summed E-state index contributed by atoms with van der Waals surface area (Å²) in [4.78, 5) is 2.64. The normalized spacial score (nSPS) is 23.1. The third-order valence-electron chi connectivity index (χ3n) is 4.61. The van der Waals surface area contributed by atoms with Crippen LogP contribution in [0.15, 0.2) is 29.6 Å². The average Bonchev–Trinajstić information content (AvgIpc) is 2.94. The van der Waals surface area contributed by atoms with E-state index in [0.29, 0.717) is 18.0 Å². The van der Waals surface area contributed by atoms with E-state index in [1.165, 1.54) is 28.6 Å². The Balaban J connectivity index is 1.89. The molecule has 1 aromatic heterocycles. The second-order valence-corrected chi connectivity index (χ2v) is 7.45. The standard InChI is InChI=1S/C18H26N2S/c1-4-5-15-12-20(17(11-19-15)13(2)3)16-6-7-18-14(10-16)8-9-21-18/h6-10,13,15,17,19H,4-5,11-12H2,1-3H3. The predicted molar refractivity (Wildman–Crippen MR) is 94.5 cm³/mol. The first-order valence-corrected chi connectivity index (χ1v) is 9.04. The fourth-order valence-electron chi connectivity index (χ4n) is 3.40. The summed E-state index contributed by atoms with van der Waals surface area (Å²) in [6, 6.07) is 10.4. The van der Waals surface area contributed by atoms with Gasteiger partial charge < -0.3 is 10.2 Å². The molecule has 1 N–H and O–H groups in total. The molecule has 3 rings (SSSR count). The van der Waals surface area contributed by atoms with Gasteiger partial charge >= 0.3 is 0 Å². The van der Waals surface area contributed by atoms with Crippen molar-refractivity contribution in [3.63, 3.8) is 0 Å². The first-order valence-electron chi connectivity index (χ1n) is 8.16. The number of hydrogen-bond donors (Lipinski definition) is 1. The molecule has 1 saturated heterocycles. The van der Waals surface area contributed by atoms with Crippen LogP contribution in [0.1, 0.15) is 33.6 Å². The van der Waals surface area contributed by atoms with Gasteiger partial charge in [0.25, 0.3) is 0 Å². The Bertz CT molecular complexity index is 590. The fraction of sp³-hybridized carbons (Fsp3) is 0.556. The third-order valence-corrected chi connectivity index (χ3v) is 5.51. The van der Waals surface area contributed by atoms with Gasteiger partial charge in [0.15, 0.2) is 0 Å². The van der Waals surface area contributed by atoms with Gasteiger partial charge in [-0.2, -0.15) is 0 Å². The van der Waals surface area contributed by atoms with E-state index >= 15 is 0 Å². The summed E-state index contributed by atoms with van der Waals surface area (Å²) >= 11 is 1.83. The highest BCUT2D eigenvalue weighted by atomic mass is 32.1. The molecule has 0 amide bonds. The molecule has 3 heteroatoms. The molecule has 0 radical (unpaired) electrons. The minimum atomic E-state index is 0.592. The number of hydrogen-bond acceptors (Lipinski definition) is 3. The third kappa shape index (κ3) is 3.09. The van der Waals surface area contributed by atoms with Crippen molar-refractivity contribution in [2.75, 3.05) is 18.0 Å². The Morgan fingerprint density at radius 2 is 2.19 bits per heavy atom. The highest BCUT2D eigenvalue weighted by Crippen LogP contribution is 2.30. The summed E-state index contributed by atoms with van der Waals surface area (Å²) in [6.07, 6.45) is 2.52. The van der Waals surface area contributed by atoms with Gasteiger partial charge in [0.2, 0.25) is 0 Å². The minimum absolute atomic E-state index is 0.592. The molecule has 21 heavy (non-hydrogen) atoms. The van der Waals surface area contributed by atoms with Crippen LogP contribution in [0.3, 0.4) is 0 Å². The first-order chi connectivity index (χ1) is 10.2. The highest BCUT2D eigenvalue weighted by molar-refractivity contribution is 7.17. The maximum absolute atomic E-state index is 3.74. The van der Waals surface area contributed by atoms with Gasteiger partial charge in [-0.05, 0) is 47.4 Å². The van der Waals surface area contributed by atoms with Crippen molar-refractivity contribution in [1.82, 2.24) is 5.32 Å². The molecule has 0 saturated carbocycles. The molecular formula is C18H26N2S. The van der Waals surface area contributed by atoms with Crippen molar-refractivity contribution in [3.05, 3.63) is 29.6 Å². The van der Waals surface area contributed by atoms with Crippen LogP contribution >= 0.6 is 11.3 Å². The predicted octanol–water partition coefficient (Wildman–Crippen LogP) is 4.50. The molecule has 0 aliphatic carbocycles. The highest BCUT2D eigenvalue weighted by Gasteiger charge is 2.29. The largest absolute Gasteiger partial charge is 0.365 e. The van der Waals surface area contributed by atoms with Gasteiger partial charge in [-0.1, -0.05) is 27.2 Å². The molecule has 2 atom stereocenters. The van der Waals surface area contributed by atoms with Gasteiger partial charge in [-0.3, -0.25) is 0 Å². The second kappa shape index (κ2) is 6.37. The molecule has 1 aliphatic rings. The molecule has 1 aromatic carbocycles. The lowest BCUT2D eigenvalue weighted by Gasteiger charge is -2.44. The summed E-state index contributed by atoms with van der Waals surface area (Å²) in [5.74, 6) is 0.665. The molecule has 1 fully saturated rings. The Labute approximate surface area is 132 Å². The van der Waals surface area contributed by atoms with E-state index in [2.05, 4.69) is 60.6 Å². The number of fused-ring (bicyclic) bond motifs is 1. The Kier molecular flexibility index (Phi) is 4.51. The first kappa shape index (κ1) is 14.9. The van der Waals surface area contributed by atoms with Gasteiger partial charge in [0.05, 0.1) is 0 Å². The molecule has 0 spiro atoms. The number of piperazine rings is 1. The number of thiophene rings is 1. The zero-order chi connectivity index (χ0) is 14.8. The Morgan fingerprint density at radius 3 is 2.95 bits per heavy atom. The second-order valence-electron chi connectivity index (χ2n) is 6.50. The van der Waals surface area contributed by atoms with Crippen LogP contribution in [0.25, 0.3) is 10.1 Å². The van der Waals surface area contributed by atoms with Crippen molar-refractivity contribution < 1.29 is 0 Å². The van der Waals surface area contributed by atoms with Crippen molar-refractivity contribution in [1.29, 1.82) is 0 Å². The lowest BCUT2D eigenvalue weighted by Crippen LogP contribution is -2.58. The van der Waals surface area contributed by atoms with Crippen LogP contribution in [0.2, 0.25) is 0 Å². The van der Waals surface area contributed by atoms with E-state index < -0.39 is 0 Å². The topological polar surface area (TPSA) is 15.3 Å². The minimum Gasteiger partial charge on any atom is -0.365 e. The number of nitrogens with one attached hydrogen (secondary N) is 1. The summed E-state index contributed by atoms with van der Waals surface area (Å²) in [5.41, 5.74) is 1.39.